The third-order valence-corrected chi connectivity index (χ3v) is 5.70. The third-order valence-electron chi connectivity index (χ3n) is 5.70. The Bertz CT molecular complexity index is 590. The highest BCUT2D eigenvalue weighted by molar-refractivity contribution is 5.92. The van der Waals surface area contributed by atoms with Gasteiger partial charge in [0.25, 0.3) is 0 Å². The number of aliphatic hydroxyl groups is 1. The number of rotatable bonds is 13. The fourth-order valence-corrected chi connectivity index (χ4v) is 3.15. The van der Waals surface area contributed by atoms with Gasteiger partial charge in [-0.25, -0.2) is 0 Å². The molecule has 0 aromatic heterocycles. The zero-order valence-electron chi connectivity index (χ0n) is 18.4. The molecule has 1 N–H and O–H groups in total. The van der Waals surface area contributed by atoms with Crippen molar-refractivity contribution in [1.82, 2.24) is 0 Å². The van der Waals surface area contributed by atoms with Crippen molar-refractivity contribution in [3.8, 4) is 0 Å². The maximum absolute atomic E-state index is 12.3. The Morgan fingerprint density at radius 3 is 2.46 bits per heavy atom. The molecule has 1 aliphatic heterocycles. The molecule has 28 heavy (non-hydrogen) atoms. The molecule has 0 aliphatic carbocycles. The average Bonchev–Trinajstić information content (AvgIpc) is 3.32. The fourth-order valence-electron chi connectivity index (χ4n) is 3.15. The van der Waals surface area contributed by atoms with Crippen LogP contribution < -0.4 is 0 Å². The Hall–Kier alpha value is -1.46. The van der Waals surface area contributed by atoms with Gasteiger partial charge in [-0.15, -0.1) is 0 Å². The first-order chi connectivity index (χ1) is 13.1. The maximum Gasteiger partial charge on any atom is 0.302 e. The van der Waals surface area contributed by atoms with Crippen molar-refractivity contribution < 1.29 is 24.2 Å². The average molecular weight is 395 g/mol. The zero-order valence-corrected chi connectivity index (χ0v) is 18.4. The summed E-state index contributed by atoms with van der Waals surface area (Å²) in [6.45, 7) is 11.9. The minimum Gasteiger partial charge on any atom is -0.462 e. The van der Waals surface area contributed by atoms with Crippen molar-refractivity contribution in [2.24, 2.45) is 11.8 Å². The second-order valence-electron chi connectivity index (χ2n) is 8.46. The highest BCUT2D eigenvalue weighted by atomic mass is 16.6. The monoisotopic (exact) mass is 394 g/mol. The number of epoxide rings is 1. The molecule has 0 aromatic carbocycles. The summed E-state index contributed by atoms with van der Waals surface area (Å²) in [7, 11) is 0. The van der Waals surface area contributed by atoms with E-state index >= 15 is 0 Å². The lowest BCUT2D eigenvalue weighted by atomic mass is 9.91. The largest absolute Gasteiger partial charge is 0.462 e. The van der Waals surface area contributed by atoms with Gasteiger partial charge in [0, 0.05) is 12.8 Å². The topological polar surface area (TPSA) is 76.1 Å². The molecule has 1 rings (SSSR count). The van der Waals surface area contributed by atoms with Crippen LogP contribution in [0.25, 0.3) is 0 Å². The molecule has 0 amide bonds. The number of allylic oxidation sites excluding steroid dienone is 3. The minimum atomic E-state index is -0.442. The predicted octanol–water partition coefficient (Wildman–Crippen LogP) is 4.38. The van der Waals surface area contributed by atoms with Crippen LogP contribution in [0.3, 0.4) is 0 Å². The van der Waals surface area contributed by atoms with Gasteiger partial charge in [-0.05, 0) is 64.0 Å². The number of esters is 1. The first-order valence-electron chi connectivity index (χ1n) is 10.4. The second-order valence-corrected chi connectivity index (χ2v) is 8.46. The molecule has 5 nitrogen and oxygen atoms in total. The highest BCUT2D eigenvalue weighted by Gasteiger charge is 2.54. The highest BCUT2D eigenvalue weighted by Crippen LogP contribution is 2.44. The molecule has 0 bridgehead atoms. The van der Waals surface area contributed by atoms with Crippen LogP contribution in [0, 0.1) is 11.8 Å². The molecular weight excluding hydrogens is 356 g/mol. The van der Waals surface area contributed by atoms with Crippen LogP contribution in [-0.2, 0) is 19.1 Å². The molecule has 1 aliphatic rings. The summed E-state index contributed by atoms with van der Waals surface area (Å²) in [6, 6.07) is 0. The molecule has 1 fully saturated rings. The van der Waals surface area contributed by atoms with Crippen molar-refractivity contribution in [1.29, 1.82) is 0 Å². The summed E-state index contributed by atoms with van der Waals surface area (Å²) >= 11 is 0. The number of hydrogen-bond donors (Lipinski definition) is 1. The normalized spacial score (nSPS) is 23.6. The van der Waals surface area contributed by atoms with Crippen molar-refractivity contribution in [2.45, 2.75) is 85.4 Å². The van der Waals surface area contributed by atoms with Crippen LogP contribution in [0.5, 0.6) is 0 Å². The lowest BCUT2D eigenvalue weighted by molar-refractivity contribution is -0.139. The van der Waals surface area contributed by atoms with Gasteiger partial charge in [0.2, 0.25) is 0 Å². The molecule has 1 saturated heterocycles. The molecule has 0 aromatic rings. The SMILES string of the molecule is CC(=O)OC/C=C(\C)CC[C@@H]1O[C@]1(CO)CCC[C@@H](C)C(=O)/C=C(\C)C(C)C. The Kier molecular flexibility index (Phi) is 10.1. The van der Waals surface area contributed by atoms with E-state index in [0.29, 0.717) is 12.5 Å². The molecule has 3 atom stereocenters. The number of ether oxygens (including phenoxy) is 2. The van der Waals surface area contributed by atoms with E-state index in [2.05, 4.69) is 13.8 Å². The molecular formula is C23H38O5. The van der Waals surface area contributed by atoms with Gasteiger partial charge in [-0.3, -0.25) is 9.59 Å². The molecule has 0 radical (unpaired) electrons. The van der Waals surface area contributed by atoms with Gasteiger partial charge in [-0.1, -0.05) is 31.9 Å². The Balaban J connectivity index is 2.36. The summed E-state index contributed by atoms with van der Waals surface area (Å²) in [5, 5.41) is 9.78. The number of hydrogen-bond acceptors (Lipinski definition) is 5. The summed E-state index contributed by atoms with van der Waals surface area (Å²) in [5.74, 6) is 0.288. The van der Waals surface area contributed by atoms with E-state index in [1.807, 2.05) is 26.8 Å². The second kappa shape index (κ2) is 11.5. The van der Waals surface area contributed by atoms with Crippen LogP contribution in [0.2, 0.25) is 0 Å². The fraction of sp³-hybridized carbons (Fsp3) is 0.739. The van der Waals surface area contributed by atoms with Gasteiger partial charge in [-0.2, -0.15) is 0 Å². The van der Waals surface area contributed by atoms with Gasteiger partial charge in [0.05, 0.1) is 12.7 Å². The summed E-state index contributed by atoms with van der Waals surface area (Å²) < 4.78 is 10.7. The van der Waals surface area contributed by atoms with E-state index in [-0.39, 0.29) is 30.4 Å². The van der Waals surface area contributed by atoms with Crippen LogP contribution in [0.4, 0.5) is 0 Å². The van der Waals surface area contributed by atoms with Gasteiger partial charge < -0.3 is 14.6 Å². The van der Waals surface area contributed by atoms with E-state index in [4.69, 9.17) is 9.47 Å². The summed E-state index contributed by atoms with van der Waals surface area (Å²) in [5.41, 5.74) is 1.82. The third kappa shape index (κ3) is 8.27. The Morgan fingerprint density at radius 2 is 1.89 bits per heavy atom. The van der Waals surface area contributed by atoms with E-state index in [1.165, 1.54) is 6.92 Å². The Morgan fingerprint density at radius 1 is 1.21 bits per heavy atom. The molecule has 0 unspecified atom stereocenters. The van der Waals surface area contributed by atoms with E-state index in [0.717, 1.165) is 43.3 Å². The molecule has 5 heteroatoms. The molecule has 0 saturated carbocycles. The van der Waals surface area contributed by atoms with Crippen LogP contribution >= 0.6 is 0 Å². The van der Waals surface area contributed by atoms with Crippen molar-refractivity contribution in [3.63, 3.8) is 0 Å². The first-order valence-corrected chi connectivity index (χ1v) is 10.4. The lowest BCUT2D eigenvalue weighted by Gasteiger charge is -2.13. The maximum atomic E-state index is 12.3. The van der Waals surface area contributed by atoms with Gasteiger partial charge in [0.1, 0.15) is 12.2 Å². The van der Waals surface area contributed by atoms with E-state index in [1.54, 1.807) is 6.08 Å². The number of carbonyl (C=O) groups excluding carboxylic acids is 2. The number of aliphatic hydroxyl groups excluding tert-OH is 1. The standard InChI is InChI=1S/C23H38O5/c1-16(2)19(5)14-21(26)18(4)8-7-12-23(15-24)22(28-23)10-9-17(3)11-13-27-20(6)25/h11,14,16,18,22,24H,7-10,12-13,15H2,1-6H3/b17-11+,19-14+/t18-,22+,23+/m1/s1. The van der Waals surface area contributed by atoms with Crippen molar-refractivity contribution in [3.05, 3.63) is 23.3 Å². The predicted molar refractivity (Wildman–Crippen MR) is 111 cm³/mol. The Labute approximate surface area is 170 Å². The molecule has 0 spiro atoms. The van der Waals surface area contributed by atoms with Crippen LogP contribution in [0.1, 0.15) is 73.6 Å². The first kappa shape index (κ1) is 24.6. The molecule has 160 valence electrons. The van der Waals surface area contributed by atoms with Gasteiger partial charge in [0.15, 0.2) is 5.78 Å². The smallest absolute Gasteiger partial charge is 0.302 e. The zero-order chi connectivity index (χ0) is 21.3. The quantitative estimate of drug-likeness (QED) is 0.217. The van der Waals surface area contributed by atoms with Crippen LogP contribution in [0.15, 0.2) is 23.3 Å². The summed E-state index contributed by atoms with van der Waals surface area (Å²) in [6.07, 6.45) is 7.87. The molecule has 1 heterocycles. The number of ketones is 1. The van der Waals surface area contributed by atoms with Crippen LogP contribution in [-0.4, -0.2) is 41.8 Å². The van der Waals surface area contributed by atoms with Crippen molar-refractivity contribution >= 4 is 11.8 Å². The summed E-state index contributed by atoms with van der Waals surface area (Å²) in [4.78, 5) is 23.0. The van der Waals surface area contributed by atoms with Gasteiger partial charge >= 0.3 is 5.97 Å². The van der Waals surface area contributed by atoms with E-state index in [9.17, 15) is 14.7 Å². The van der Waals surface area contributed by atoms with E-state index < -0.39 is 5.60 Å². The number of carbonyl (C=O) groups is 2. The van der Waals surface area contributed by atoms with Crippen molar-refractivity contribution in [2.75, 3.05) is 13.2 Å². The lowest BCUT2D eigenvalue weighted by Crippen LogP contribution is -2.21. The minimum absolute atomic E-state index is 0.00639.